The van der Waals surface area contributed by atoms with Crippen molar-refractivity contribution in [2.45, 2.75) is 25.8 Å². The standard InChI is InChI=1S/C34H33FN6O4/c1-20-13-28(32(44-4)18-30(20)45-23-10-9-21-7-5-11-36-26(21)15-23)39-33-24-16-29(31(43-3)17-27(24)37-19-38-33)40-34(42)25(35)14-22-8-6-12-41(22)2/h5,7,9-11,13-19,22H,6,8,12H2,1-4H3,(H,40,42)(H,37,38,39)/b25-14+. The molecule has 2 N–H and O–H groups in total. The zero-order valence-corrected chi connectivity index (χ0v) is 25.4. The van der Waals surface area contributed by atoms with Crippen molar-refractivity contribution in [2.24, 2.45) is 0 Å². The van der Waals surface area contributed by atoms with Gasteiger partial charge in [0.05, 0.1) is 36.6 Å². The van der Waals surface area contributed by atoms with E-state index in [-0.39, 0.29) is 11.7 Å². The summed E-state index contributed by atoms with van der Waals surface area (Å²) in [5.74, 6) is 0.884. The second-order valence-electron chi connectivity index (χ2n) is 10.9. The molecule has 0 spiro atoms. The Hall–Kier alpha value is -5.29. The lowest BCUT2D eigenvalue weighted by molar-refractivity contribution is -0.114. The number of amides is 1. The van der Waals surface area contributed by atoms with E-state index in [1.165, 1.54) is 19.5 Å². The molecule has 1 amide bonds. The third kappa shape index (κ3) is 6.34. The molecule has 3 aromatic carbocycles. The number of aromatic nitrogens is 3. The van der Waals surface area contributed by atoms with Crippen LogP contribution in [0.4, 0.5) is 21.6 Å². The summed E-state index contributed by atoms with van der Waals surface area (Å²) in [6.07, 6.45) is 6.30. The number of pyridine rings is 1. The summed E-state index contributed by atoms with van der Waals surface area (Å²) in [5.41, 5.74) is 3.17. The number of rotatable bonds is 9. The van der Waals surface area contributed by atoms with Gasteiger partial charge in [0.2, 0.25) is 0 Å². The SMILES string of the molecule is COc1cc2ncnc(Nc3cc(C)c(Oc4ccc5cccnc5c4)cc3OC)c2cc1NC(=O)/C(F)=C\C1CCCN1C. The Bertz CT molecular complexity index is 1930. The smallest absolute Gasteiger partial charge is 0.284 e. The van der Waals surface area contributed by atoms with Gasteiger partial charge in [0.25, 0.3) is 5.91 Å². The molecular weight excluding hydrogens is 575 g/mol. The molecule has 1 saturated heterocycles. The van der Waals surface area contributed by atoms with Crippen LogP contribution in [0.25, 0.3) is 21.8 Å². The van der Waals surface area contributed by atoms with E-state index >= 15 is 0 Å². The number of benzene rings is 3. The molecule has 0 radical (unpaired) electrons. The first-order chi connectivity index (χ1) is 21.8. The van der Waals surface area contributed by atoms with Crippen LogP contribution in [0.2, 0.25) is 0 Å². The van der Waals surface area contributed by atoms with Crippen molar-refractivity contribution in [3.63, 3.8) is 0 Å². The van der Waals surface area contributed by atoms with Gasteiger partial charge >= 0.3 is 0 Å². The number of hydrogen-bond acceptors (Lipinski definition) is 9. The van der Waals surface area contributed by atoms with Gasteiger partial charge in [-0.25, -0.2) is 14.4 Å². The van der Waals surface area contributed by atoms with Crippen LogP contribution in [-0.2, 0) is 4.79 Å². The third-order valence-corrected chi connectivity index (χ3v) is 7.89. The lowest BCUT2D eigenvalue weighted by atomic mass is 10.1. The monoisotopic (exact) mass is 608 g/mol. The molecule has 0 aliphatic carbocycles. The topological polar surface area (TPSA) is 111 Å². The molecule has 0 saturated carbocycles. The van der Waals surface area contributed by atoms with E-state index in [0.29, 0.717) is 45.4 Å². The molecule has 10 nitrogen and oxygen atoms in total. The maximum atomic E-state index is 14.9. The fraction of sp³-hybridized carbons (Fsp3) is 0.235. The first-order valence-electron chi connectivity index (χ1n) is 14.5. The van der Waals surface area contributed by atoms with Gasteiger partial charge in [-0.15, -0.1) is 0 Å². The van der Waals surface area contributed by atoms with Gasteiger partial charge in [-0.3, -0.25) is 14.7 Å². The molecule has 2 aromatic heterocycles. The molecule has 1 aliphatic heterocycles. The van der Waals surface area contributed by atoms with E-state index in [1.807, 2.05) is 55.3 Å². The molecule has 6 rings (SSSR count). The van der Waals surface area contributed by atoms with Gasteiger partial charge in [0, 0.05) is 41.2 Å². The number of carbonyl (C=O) groups excluding carboxylic acids is 1. The zero-order valence-electron chi connectivity index (χ0n) is 25.4. The predicted molar refractivity (Wildman–Crippen MR) is 172 cm³/mol. The minimum absolute atomic E-state index is 0.113. The van der Waals surface area contributed by atoms with Crippen LogP contribution in [-0.4, -0.2) is 59.6 Å². The van der Waals surface area contributed by atoms with E-state index in [1.54, 1.807) is 31.5 Å². The average Bonchev–Trinajstić information content (AvgIpc) is 3.45. The fourth-order valence-electron chi connectivity index (χ4n) is 5.43. The lowest BCUT2D eigenvalue weighted by Crippen LogP contribution is -2.24. The lowest BCUT2D eigenvalue weighted by Gasteiger charge is -2.17. The van der Waals surface area contributed by atoms with Crippen molar-refractivity contribution in [1.29, 1.82) is 0 Å². The molecule has 1 aliphatic rings. The summed E-state index contributed by atoms with van der Waals surface area (Å²) in [7, 11) is 4.96. The number of methoxy groups -OCH3 is 2. The molecule has 3 heterocycles. The van der Waals surface area contributed by atoms with Crippen LogP contribution in [0.5, 0.6) is 23.0 Å². The van der Waals surface area contributed by atoms with E-state index in [4.69, 9.17) is 14.2 Å². The van der Waals surface area contributed by atoms with Crippen LogP contribution in [0.1, 0.15) is 18.4 Å². The number of carbonyl (C=O) groups is 1. The first kappa shape index (κ1) is 29.8. The number of likely N-dealkylation sites (tertiary alicyclic amines) is 1. The van der Waals surface area contributed by atoms with Crippen LogP contribution < -0.4 is 24.8 Å². The maximum absolute atomic E-state index is 14.9. The highest BCUT2D eigenvalue weighted by atomic mass is 19.1. The highest BCUT2D eigenvalue weighted by Crippen LogP contribution is 2.39. The van der Waals surface area contributed by atoms with E-state index in [9.17, 15) is 9.18 Å². The summed E-state index contributed by atoms with van der Waals surface area (Å²) in [4.78, 5) is 28.1. The molecule has 45 heavy (non-hydrogen) atoms. The number of anilines is 3. The summed E-state index contributed by atoms with van der Waals surface area (Å²) >= 11 is 0. The quantitative estimate of drug-likeness (QED) is 0.172. The van der Waals surface area contributed by atoms with Crippen LogP contribution in [0.15, 0.2) is 79.0 Å². The number of likely N-dealkylation sites (N-methyl/N-ethyl adjacent to an activating group) is 1. The number of halogens is 1. The van der Waals surface area contributed by atoms with Crippen molar-refractivity contribution in [3.8, 4) is 23.0 Å². The third-order valence-electron chi connectivity index (χ3n) is 7.89. The molecular formula is C34H33FN6O4. The molecule has 1 unspecified atom stereocenters. The molecule has 1 fully saturated rings. The van der Waals surface area contributed by atoms with Crippen LogP contribution >= 0.6 is 0 Å². The molecule has 5 aromatic rings. The Morgan fingerprint density at radius 3 is 2.58 bits per heavy atom. The predicted octanol–water partition coefficient (Wildman–Crippen LogP) is 6.93. The van der Waals surface area contributed by atoms with E-state index in [0.717, 1.165) is 35.9 Å². The fourth-order valence-corrected chi connectivity index (χ4v) is 5.43. The maximum Gasteiger partial charge on any atom is 0.284 e. The van der Waals surface area contributed by atoms with Gasteiger partial charge in [0.1, 0.15) is 35.1 Å². The Morgan fingerprint density at radius 1 is 0.978 bits per heavy atom. The first-order valence-corrected chi connectivity index (χ1v) is 14.5. The molecule has 0 bridgehead atoms. The Labute approximate surface area is 259 Å². The second kappa shape index (κ2) is 12.7. The van der Waals surface area contributed by atoms with Gasteiger partial charge < -0.3 is 24.8 Å². The highest BCUT2D eigenvalue weighted by Gasteiger charge is 2.22. The zero-order chi connectivity index (χ0) is 31.5. The largest absolute Gasteiger partial charge is 0.494 e. The number of hydrogen-bond donors (Lipinski definition) is 2. The molecule has 11 heteroatoms. The molecule has 1 atom stereocenters. The molecule has 230 valence electrons. The number of nitrogens with zero attached hydrogens (tertiary/aromatic N) is 4. The second-order valence-corrected chi connectivity index (χ2v) is 10.9. The van der Waals surface area contributed by atoms with Gasteiger partial charge in [0.15, 0.2) is 5.83 Å². The van der Waals surface area contributed by atoms with E-state index in [2.05, 4.69) is 25.6 Å². The Kier molecular flexibility index (Phi) is 8.43. The highest BCUT2D eigenvalue weighted by molar-refractivity contribution is 6.05. The van der Waals surface area contributed by atoms with Crippen molar-refractivity contribution in [2.75, 3.05) is 38.4 Å². The van der Waals surface area contributed by atoms with Gasteiger partial charge in [-0.2, -0.15) is 0 Å². The minimum Gasteiger partial charge on any atom is -0.494 e. The van der Waals surface area contributed by atoms with E-state index < -0.39 is 11.7 Å². The number of fused-ring (bicyclic) bond motifs is 2. The van der Waals surface area contributed by atoms with Gasteiger partial charge in [-0.1, -0.05) is 6.07 Å². The summed E-state index contributed by atoms with van der Waals surface area (Å²) in [6.45, 7) is 2.80. The number of ether oxygens (including phenoxy) is 3. The summed E-state index contributed by atoms with van der Waals surface area (Å²) in [5, 5.41) is 7.59. The van der Waals surface area contributed by atoms with Gasteiger partial charge in [-0.05, 0) is 75.3 Å². The van der Waals surface area contributed by atoms with Crippen LogP contribution in [0.3, 0.4) is 0 Å². The Balaban J connectivity index is 1.28. The summed E-state index contributed by atoms with van der Waals surface area (Å²) < 4.78 is 32.3. The average molecular weight is 609 g/mol. The number of nitrogens with one attached hydrogen (secondary N) is 2. The van der Waals surface area contributed by atoms with Crippen LogP contribution in [0, 0.1) is 6.92 Å². The van der Waals surface area contributed by atoms with Crippen molar-refractivity contribution in [3.05, 3.63) is 84.6 Å². The minimum atomic E-state index is -0.852. The number of aryl methyl sites for hydroxylation is 1. The van der Waals surface area contributed by atoms with Crippen molar-refractivity contribution < 1.29 is 23.4 Å². The summed E-state index contributed by atoms with van der Waals surface area (Å²) in [6, 6.07) is 16.6. The normalized spacial score (nSPS) is 15.3. The van der Waals surface area contributed by atoms with Crippen molar-refractivity contribution in [1.82, 2.24) is 19.9 Å². The Morgan fingerprint density at radius 2 is 1.80 bits per heavy atom. The van der Waals surface area contributed by atoms with Crippen molar-refractivity contribution >= 4 is 44.9 Å².